The van der Waals surface area contributed by atoms with Gasteiger partial charge in [0.15, 0.2) is 11.2 Å². The zero-order chi connectivity index (χ0) is 71.9. The molecule has 0 atom stereocenters. The molecule has 0 saturated heterocycles. The monoisotopic (exact) mass is 1760 g/mol. The average Bonchev–Trinajstić information content (AvgIpc) is 1.55. The molecule has 528 valence electrons. The van der Waals surface area contributed by atoms with Gasteiger partial charge >= 0.3 is 42.1 Å². The van der Waals surface area contributed by atoms with Crippen LogP contribution in [-0.4, -0.2) is 19.9 Å². The maximum absolute atomic E-state index is 6.71. The summed E-state index contributed by atoms with van der Waals surface area (Å²) in [5.41, 5.74) is 28.0. The third-order valence-corrected chi connectivity index (χ3v) is 22.1. The number of pyridine rings is 4. The third-order valence-electron chi connectivity index (χ3n) is 22.1. The molecule has 10 aromatic carbocycles. The van der Waals surface area contributed by atoms with Crippen LogP contribution >= 0.6 is 0 Å². The zero-order valence-electron chi connectivity index (χ0n) is 61.6. The Morgan fingerprint density at radius 3 is 0.861 bits per heavy atom. The van der Waals surface area contributed by atoms with Crippen LogP contribution in [0.5, 0.6) is 0 Å². The van der Waals surface area contributed by atoms with Gasteiger partial charge in [-0.1, -0.05) is 239 Å². The molecule has 2 aliphatic rings. The topological polar surface area (TPSA) is 132 Å². The predicted molar refractivity (Wildman–Crippen MR) is 433 cm³/mol. The van der Waals surface area contributed by atoms with Crippen LogP contribution in [0, 0.1) is 12.1 Å². The van der Waals surface area contributed by atoms with Crippen molar-refractivity contribution in [2.75, 3.05) is 0 Å². The van der Waals surface area contributed by atoms with E-state index in [1.165, 1.54) is 22.3 Å². The Morgan fingerprint density at radius 2 is 0.537 bits per heavy atom. The predicted octanol–water partition coefficient (Wildman–Crippen LogP) is 25.8. The molecule has 0 saturated carbocycles. The van der Waals surface area contributed by atoms with E-state index in [0.717, 1.165) is 221 Å². The number of fused-ring (bicyclic) bond motifs is 38. The standard InChI is InChI=1S/2C48H35N3O2.2Pt/c1-47(2,3)27-19-31-32-20-28(48(4,5)6)22-36-42(32)51-41(31)35(21-27)43-45-33(29-14-7-9-16-39(29)52-45)23-37(49-43)25-12-11-13-26(18-25)38-24-34-30-15-8-10-17-40(30)53-46(34)44(36)50-38;1-47(2,3)27-19-31-32-20-28(48(4,5)6)22-34-44(32)51-43(31)33(21-27)45-41-29-14-7-9-16-37(29)52-39(41)23-35(49-45)25-12-11-13-26(18-25)36-24-40-42(46(34)50-36)30-15-8-10-17-38(30)53-40;;/h2*7-17,19-24H,1-6H3;;/q2*-2;2*+2. The number of benzene rings is 10. The van der Waals surface area contributed by atoms with Gasteiger partial charge in [-0.2, -0.15) is 0 Å². The molecule has 12 heteroatoms. The number of para-hydroxylation sites is 4. The summed E-state index contributed by atoms with van der Waals surface area (Å²) < 4.78 is 26.6. The van der Waals surface area contributed by atoms with Crippen molar-refractivity contribution >= 4 is 131 Å². The quantitative estimate of drug-likeness (QED) is 0.135. The smallest absolute Gasteiger partial charge is 0.656 e. The van der Waals surface area contributed by atoms with Crippen molar-refractivity contribution in [2.45, 2.75) is 105 Å². The van der Waals surface area contributed by atoms with E-state index in [-0.39, 0.29) is 63.8 Å². The number of furan rings is 4. The summed E-state index contributed by atoms with van der Waals surface area (Å²) in [6.07, 6.45) is 0. The fraction of sp³-hybridized carbons (Fsp3) is 0.167. The summed E-state index contributed by atoms with van der Waals surface area (Å²) in [6, 6.07) is 79.7. The van der Waals surface area contributed by atoms with Crippen LogP contribution in [-0.2, 0) is 63.8 Å². The molecule has 0 unspecified atom stereocenters. The van der Waals surface area contributed by atoms with Gasteiger partial charge in [0, 0.05) is 55.1 Å². The van der Waals surface area contributed by atoms with Crippen LogP contribution in [0.1, 0.15) is 105 Å². The van der Waals surface area contributed by atoms with Crippen molar-refractivity contribution in [2.24, 2.45) is 0 Å². The summed E-state index contributed by atoms with van der Waals surface area (Å²) in [7, 11) is 0. The van der Waals surface area contributed by atoms with Gasteiger partial charge in [0.25, 0.3) is 0 Å². The van der Waals surface area contributed by atoms with Gasteiger partial charge < -0.3 is 27.6 Å². The fourth-order valence-corrected chi connectivity index (χ4v) is 16.3. The van der Waals surface area contributed by atoms with Crippen LogP contribution in [0.25, 0.3) is 221 Å². The van der Waals surface area contributed by atoms with E-state index in [4.69, 9.17) is 47.6 Å². The molecule has 20 aromatic rings. The maximum atomic E-state index is 6.71. The molecule has 0 N–H and O–H groups in total. The number of hydrogen-bond acceptors (Lipinski definition) is 8. The largest absolute Gasteiger partial charge is 2.00 e. The third kappa shape index (κ3) is 10.3. The summed E-state index contributed by atoms with van der Waals surface area (Å²) >= 11 is 0. The van der Waals surface area contributed by atoms with Crippen molar-refractivity contribution in [1.29, 1.82) is 0 Å². The van der Waals surface area contributed by atoms with E-state index in [2.05, 4.69) is 253 Å². The molecule has 16 bridgehead atoms. The minimum absolute atomic E-state index is 0. The molecule has 0 fully saturated rings. The molecule has 10 nitrogen and oxygen atoms in total. The van der Waals surface area contributed by atoms with E-state index in [9.17, 15) is 0 Å². The maximum Gasteiger partial charge on any atom is 2.00 e. The van der Waals surface area contributed by atoms with Crippen molar-refractivity contribution in [3.63, 3.8) is 0 Å². The Hall–Kier alpha value is -11.0. The molecule has 108 heavy (non-hydrogen) atoms. The first kappa shape index (κ1) is 67.6. The fourth-order valence-electron chi connectivity index (χ4n) is 16.3. The van der Waals surface area contributed by atoms with E-state index in [1.807, 2.05) is 48.5 Å². The molecular weight excluding hydrogens is 1690 g/mol. The van der Waals surface area contributed by atoms with Crippen LogP contribution in [0.3, 0.4) is 0 Å². The summed E-state index contributed by atoms with van der Waals surface area (Å²) in [5, 5.41) is 12.6. The van der Waals surface area contributed by atoms with Crippen molar-refractivity contribution in [3.8, 4) is 90.1 Å². The normalized spacial score (nSPS) is 12.9. The SMILES string of the molecule is CC(C)(C)c1cc2c3[n-]c4c(cc(C(C)(C)C)cc4c3c1)-c1nc(cc3c1oc1ccccc13)-c1[c-]c(ccc1)-c1cc3c(oc4ccccc43)c-2n1.CC(C)(C)c1cc2c3[n-]c4c(cc(C(C)(C)C)cc4c3c1)-c1nc(cc3oc4ccccc4c13)-c1[c-]c(ccc1)-c1cc3oc4ccccc4c3c-2n1.[Pt+2].[Pt+2]. The second-order valence-corrected chi connectivity index (χ2v) is 33.2. The number of nitrogens with zero attached hydrogens (tertiary/aromatic N) is 6. The molecule has 10 aromatic heterocycles. The van der Waals surface area contributed by atoms with Gasteiger partial charge in [-0.3, -0.25) is 19.9 Å². The Kier molecular flexibility index (Phi) is 14.9. The minimum atomic E-state index is -0.150. The first-order chi connectivity index (χ1) is 51.0. The Bertz CT molecular complexity index is 6840. The van der Waals surface area contributed by atoms with Gasteiger partial charge in [-0.25, -0.2) is 0 Å². The molecular formula is C96H70N6O4Pt2. The van der Waals surface area contributed by atoms with Crippen LogP contribution < -0.4 is 9.97 Å². The molecule has 2 aliphatic heterocycles. The molecule has 0 aliphatic carbocycles. The second-order valence-electron chi connectivity index (χ2n) is 33.2. The summed E-state index contributed by atoms with van der Waals surface area (Å²) in [4.78, 5) is 33.2. The van der Waals surface area contributed by atoms with E-state index in [1.54, 1.807) is 0 Å². The Labute approximate surface area is 651 Å². The second kappa shape index (κ2) is 23.7. The molecule has 0 spiro atoms. The van der Waals surface area contributed by atoms with Crippen molar-refractivity contribution in [3.05, 3.63) is 241 Å². The first-order valence-corrected chi connectivity index (χ1v) is 36.5. The van der Waals surface area contributed by atoms with Gasteiger partial charge in [-0.05, 0) is 124 Å². The summed E-state index contributed by atoms with van der Waals surface area (Å²) in [5.74, 6) is 0. The van der Waals surface area contributed by atoms with Gasteiger partial charge in [0.2, 0.25) is 0 Å². The summed E-state index contributed by atoms with van der Waals surface area (Å²) in [6.45, 7) is 27.2. The van der Waals surface area contributed by atoms with Crippen LogP contribution in [0.15, 0.2) is 224 Å². The average molecular weight is 1760 g/mol. The van der Waals surface area contributed by atoms with E-state index in [0.29, 0.717) is 0 Å². The van der Waals surface area contributed by atoms with Gasteiger partial charge in [-0.15, -0.1) is 70.6 Å². The van der Waals surface area contributed by atoms with E-state index < -0.39 is 0 Å². The first-order valence-electron chi connectivity index (χ1n) is 36.5. The van der Waals surface area contributed by atoms with Gasteiger partial charge in [0.1, 0.15) is 44.9 Å². The van der Waals surface area contributed by atoms with Crippen LogP contribution in [0.2, 0.25) is 0 Å². The molecule has 12 heterocycles. The minimum Gasteiger partial charge on any atom is -0.656 e. The van der Waals surface area contributed by atoms with Crippen molar-refractivity contribution in [1.82, 2.24) is 29.9 Å². The molecule has 0 radical (unpaired) electrons. The van der Waals surface area contributed by atoms with Gasteiger partial charge in [0.05, 0.1) is 22.2 Å². The van der Waals surface area contributed by atoms with Crippen molar-refractivity contribution < 1.29 is 59.8 Å². The number of rotatable bonds is 0. The Morgan fingerprint density at radius 1 is 0.259 bits per heavy atom. The Balaban J connectivity index is 0.000000144. The molecule has 22 rings (SSSR count). The van der Waals surface area contributed by atoms with Crippen LogP contribution in [0.4, 0.5) is 0 Å². The zero-order valence-corrected chi connectivity index (χ0v) is 66.1. The molecule has 0 amide bonds. The van der Waals surface area contributed by atoms with E-state index >= 15 is 0 Å². The number of hydrogen-bond donors (Lipinski definition) is 0. The number of aromatic nitrogens is 6.